The summed E-state index contributed by atoms with van der Waals surface area (Å²) in [5, 5.41) is 3.10. The third-order valence-corrected chi connectivity index (χ3v) is 3.18. The van der Waals surface area contributed by atoms with Crippen LogP contribution in [0.4, 0.5) is 0 Å². The smallest absolute Gasteiger partial charge is 0.257 e. The van der Waals surface area contributed by atoms with Gasteiger partial charge in [-0.05, 0) is 37.6 Å². The fourth-order valence-corrected chi connectivity index (χ4v) is 1.78. The Morgan fingerprint density at radius 2 is 1.86 bits per heavy atom. The SMILES string of the molecule is CCCCC=C(C)NNC(=O)CNC(=O)c1ccc(Cl)cc1. The zero-order valence-corrected chi connectivity index (χ0v) is 13.7. The summed E-state index contributed by atoms with van der Waals surface area (Å²) < 4.78 is 0. The number of unbranched alkanes of at least 4 members (excludes halogenated alkanes) is 2. The number of carbonyl (C=O) groups is 2. The molecule has 1 rings (SSSR count). The molecule has 0 unspecified atom stereocenters. The van der Waals surface area contributed by atoms with Crippen LogP contribution >= 0.6 is 11.6 Å². The average Bonchev–Trinajstić information content (AvgIpc) is 2.51. The first-order valence-electron chi connectivity index (χ1n) is 7.28. The van der Waals surface area contributed by atoms with Crippen molar-refractivity contribution < 1.29 is 9.59 Å². The van der Waals surface area contributed by atoms with E-state index < -0.39 is 0 Å². The number of rotatable bonds is 8. The van der Waals surface area contributed by atoms with Gasteiger partial charge in [0, 0.05) is 16.3 Å². The number of hydrogen-bond acceptors (Lipinski definition) is 3. The summed E-state index contributed by atoms with van der Waals surface area (Å²) in [6, 6.07) is 6.47. The molecule has 0 atom stereocenters. The molecule has 0 radical (unpaired) electrons. The van der Waals surface area contributed by atoms with E-state index in [4.69, 9.17) is 11.6 Å². The van der Waals surface area contributed by atoms with Crippen LogP contribution in [0.1, 0.15) is 43.5 Å². The van der Waals surface area contributed by atoms with E-state index in [9.17, 15) is 9.59 Å². The highest BCUT2D eigenvalue weighted by molar-refractivity contribution is 6.30. The lowest BCUT2D eigenvalue weighted by Gasteiger charge is -2.09. The molecular formula is C16H22ClN3O2. The maximum Gasteiger partial charge on any atom is 0.257 e. The third kappa shape index (κ3) is 7.13. The van der Waals surface area contributed by atoms with Gasteiger partial charge in [-0.25, -0.2) is 0 Å². The van der Waals surface area contributed by atoms with Gasteiger partial charge >= 0.3 is 0 Å². The van der Waals surface area contributed by atoms with Gasteiger partial charge in [-0.15, -0.1) is 0 Å². The molecule has 0 aliphatic rings. The van der Waals surface area contributed by atoms with Crippen LogP contribution < -0.4 is 16.2 Å². The quantitative estimate of drug-likeness (QED) is 0.509. The lowest BCUT2D eigenvalue weighted by Crippen LogP contribution is -2.43. The molecule has 120 valence electrons. The Kier molecular flexibility index (Phi) is 8.07. The number of amides is 2. The van der Waals surface area contributed by atoms with Gasteiger partial charge in [-0.2, -0.15) is 0 Å². The molecule has 0 fully saturated rings. The first-order valence-corrected chi connectivity index (χ1v) is 7.66. The minimum atomic E-state index is -0.318. The van der Waals surface area contributed by atoms with Crippen LogP contribution in [0.25, 0.3) is 0 Å². The molecule has 0 saturated heterocycles. The average molecular weight is 324 g/mol. The topological polar surface area (TPSA) is 70.2 Å². The van der Waals surface area contributed by atoms with Crippen molar-refractivity contribution in [3.8, 4) is 0 Å². The maximum atomic E-state index is 11.8. The number of hydrogen-bond donors (Lipinski definition) is 3. The summed E-state index contributed by atoms with van der Waals surface area (Å²) in [6.07, 6.45) is 5.24. The van der Waals surface area contributed by atoms with E-state index in [1.165, 1.54) is 0 Å². The maximum absolute atomic E-state index is 11.8. The molecule has 1 aromatic carbocycles. The summed E-state index contributed by atoms with van der Waals surface area (Å²) in [6.45, 7) is 3.90. The molecule has 22 heavy (non-hydrogen) atoms. The van der Waals surface area contributed by atoms with E-state index >= 15 is 0 Å². The fraction of sp³-hybridized carbons (Fsp3) is 0.375. The van der Waals surface area contributed by atoms with E-state index in [-0.39, 0.29) is 18.4 Å². The van der Waals surface area contributed by atoms with Gasteiger partial charge in [0.15, 0.2) is 0 Å². The first kappa shape index (κ1) is 18.0. The summed E-state index contributed by atoms with van der Waals surface area (Å²) >= 11 is 5.75. The van der Waals surface area contributed by atoms with Crippen molar-refractivity contribution in [2.24, 2.45) is 0 Å². The molecule has 0 aliphatic heterocycles. The van der Waals surface area contributed by atoms with Crippen molar-refractivity contribution in [3.05, 3.63) is 46.6 Å². The molecule has 0 saturated carbocycles. The Bertz CT molecular complexity index is 527. The number of hydrazine groups is 1. The number of benzene rings is 1. The van der Waals surface area contributed by atoms with Gasteiger partial charge in [0.1, 0.15) is 0 Å². The molecule has 1 aromatic rings. The summed E-state index contributed by atoms with van der Waals surface area (Å²) in [5.74, 6) is -0.632. The van der Waals surface area contributed by atoms with E-state index in [0.29, 0.717) is 10.6 Å². The molecule has 0 aromatic heterocycles. The normalized spacial score (nSPS) is 11.0. The Labute approximate surface area is 136 Å². The van der Waals surface area contributed by atoms with E-state index in [1.54, 1.807) is 24.3 Å². The summed E-state index contributed by atoms with van der Waals surface area (Å²) in [4.78, 5) is 23.4. The molecule has 0 bridgehead atoms. The fourth-order valence-electron chi connectivity index (χ4n) is 1.65. The standard InChI is InChI=1S/C16H22ClN3O2/c1-3-4-5-6-12(2)19-20-15(21)11-18-16(22)13-7-9-14(17)10-8-13/h6-10,19H,3-5,11H2,1-2H3,(H,18,22)(H,20,21). The Balaban J connectivity index is 2.29. The molecule has 0 aliphatic carbocycles. The van der Waals surface area contributed by atoms with Gasteiger partial charge in [-0.3, -0.25) is 15.0 Å². The highest BCUT2D eigenvalue weighted by Crippen LogP contribution is 2.09. The molecule has 0 heterocycles. The Hall–Kier alpha value is -2.01. The highest BCUT2D eigenvalue weighted by Gasteiger charge is 2.07. The zero-order chi connectivity index (χ0) is 16.4. The van der Waals surface area contributed by atoms with Crippen LogP contribution in [0.5, 0.6) is 0 Å². The second-order valence-corrected chi connectivity index (χ2v) is 5.33. The Morgan fingerprint density at radius 3 is 2.50 bits per heavy atom. The molecular weight excluding hydrogens is 302 g/mol. The molecule has 6 heteroatoms. The van der Waals surface area contributed by atoms with Crippen molar-refractivity contribution in [3.63, 3.8) is 0 Å². The van der Waals surface area contributed by atoms with Crippen LogP contribution in [-0.4, -0.2) is 18.4 Å². The number of halogens is 1. The lowest BCUT2D eigenvalue weighted by atomic mass is 10.2. The first-order chi connectivity index (χ1) is 10.5. The van der Waals surface area contributed by atoms with Crippen molar-refractivity contribution in [1.29, 1.82) is 0 Å². The summed E-state index contributed by atoms with van der Waals surface area (Å²) in [5.41, 5.74) is 6.68. The van der Waals surface area contributed by atoms with Crippen LogP contribution in [0, 0.1) is 0 Å². The molecule has 5 nitrogen and oxygen atoms in total. The molecule has 0 spiro atoms. The second kappa shape index (κ2) is 9.84. The van der Waals surface area contributed by atoms with E-state index in [0.717, 1.165) is 25.0 Å². The largest absolute Gasteiger partial charge is 0.343 e. The predicted octanol–water partition coefficient (Wildman–Crippen LogP) is 2.78. The lowest BCUT2D eigenvalue weighted by molar-refractivity contribution is -0.120. The van der Waals surface area contributed by atoms with Crippen molar-refractivity contribution in [1.82, 2.24) is 16.2 Å². The minimum absolute atomic E-state index is 0.100. The highest BCUT2D eigenvalue weighted by atomic mass is 35.5. The van der Waals surface area contributed by atoms with Gasteiger partial charge in [0.2, 0.25) is 0 Å². The van der Waals surface area contributed by atoms with Crippen molar-refractivity contribution in [2.75, 3.05) is 6.54 Å². The number of carbonyl (C=O) groups excluding carboxylic acids is 2. The van der Waals surface area contributed by atoms with E-state index in [2.05, 4.69) is 23.1 Å². The molecule has 2 amide bonds. The second-order valence-electron chi connectivity index (χ2n) is 4.89. The van der Waals surface area contributed by atoms with Crippen molar-refractivity contribution in [2.45, 2.75) is 33.1 Å². The zero-order valence-electron chi connectivity index (χ0n) is 12.9. The van der Waals surface area contributed by atoms with Gasteiger partial charge in [-0.1, -0.05) is 37.4 Å². The van der Waals surface area contributed by atoms with Gasteiger partial charge < -0.3 is 10.7 Å². The van der Waals surface area contributed by atoms with Gasteiger partial charge in [0.25, 0.3) is 11.8 Å². The number of nitrogens with one attached hydrogen (secondary N) is 3. The Morgan fingerprint density at radius 1 is 1.18 bits per heavy atom. The monoisotopic (exact) mass is 323 g/mol. The molecule has 3 N–H and O–H groups in total. The third-order valence-electron chi connectivity index (χ3n) is 2.92. The van der Waals surface area contributed by atoms with Gasteiger partial charge in [0.05, 0.1) is 6.54 Å². The van der Waals surface area contributed by atoms with Crippen molar-refractivity contribution >= 4 is 23.4 Å². The minimum Gasteiger partial charge on any atom is -0.343 e. The van der Waals surface area contributed by atoms with E-state index in [1.807, 2.05) is 13.0 Å². The van der Waals surface area contributed by atoms with Crippen LogP contribution in [0.15, 0.2) is 36.0 Å². The predicted molar refractivity (Wildman–Crippen MR) is 88.3 cm³/mol. The van der Waals surface area contributed by atoms with Crippen LogP contribution in [0.3, 0.4) is 0 Å². The summed E-state index contributed by atoms with van der Waals surface area (Å²) in [7, 11) is 0. The van der Waals surface area contributed by atoms with Crippen LogP contribution in [-0.2, 0) is 4.79 Å². The number of allylic oxidation sites excluding steroid dienone is 2. The van der Waals surface area contributed by atoms with Crippen LogP contribution in [0.2, 0.25) is 5.02 Å².